The fourth-order valence-corrected chi connectivity index (χ4v) is 3.40. The summed E-state index contributed by atoms with van der Waals surface area (Å²) in [5, 5.41) is 3.02. The first-order chi connectivity index (χ1) is 12.9. The molecule has 0 saturated carbocycles. The van der Waals surface area contributed by atoms with E-state index in [0.717, 1.165) is 16.9 Å². The lowest BCUT2D eigenvalue weighted by atomic mass is 9.96. The molecule has 0 spiro atoms. The van der Waals surface area contributed by atoms with Crippen LogP contribution < -0.4 is 5.32 Å². The molecule has 27 heavy (non-hydrogen) atoms. The zero-order valence-corrected chi connectivity index (χ0v) is 15.8. The summed E-state index contributed by atoms with van der Waals surface area (Å²) in [6.07, 6.45) is 0.768. The van der Waals surface area contributed by atoms with Gasteiger partial charge < -0.3 is 5.32 Å². The number of hydrogen-bond donors (Lipinski definition) is 1. The molecule has 140 valence electrons. The summed E-state index contributed by atoms with van der Waals surface area (Å²) in [6.45, 7) is 5.78. The Balaban J connectivity index is 1.79. The SMILES string of the molecule is CC(C)C[C@@H](NC(=O)[C@H](C)N1C(=O)c2ccccc2C1=O)c1ccccc1. The van der Waals surface area contributed by atoms with Gasteiger partial charge in [0.2, 0.25) is 5.91 Å². The summed E-state index contributed by atoms with van der Waals surface area (Å²) in [7, 11) is 0. The lowest BCUT2D eigenvalue weighted by Gasteiger charge is -2.26. The van der Waals surface area contributed by atoms with Crippen molar-refractivity contribution in [3.05, 3.63) is 71.3 Å². The zero-order valence-electron chi connectivity index (χ0n) is 15.8. The van der Waals surface area contributed by atoms with Gasteiger partial charge >= 0.3 is 0 Å². The monoisotopic (exact) mass is 364 g/mol. The average molecular weight is 364 g/mol. The normalized spacial score (nSPS) is 15.6. The topological polar surface area (TPSA) is 66.5 Å². The standard InChI is InChI=1S/C22H24N2O3/c1-14(2)13-19(16-9-5-4-6-10-16)23-20(25)15(3)24-21(26)17-11-7-8-12-18(17)22(24)27/h4-12,14-15,19H,13H2,1-3H3,(H,23,25)/t15-,19+/m0/s1. The van der Waals surface area contributed by atoms with Crippen LogP contribution in [0.3, 0.4) is 0 Å². The van der Waals surface area contributed by atoms with Crippen molar-refractivity contribution < 1.29 is 14.4 Å². The predicted molar refractivity (Wildman–Crippen MR) is 103 cm³/mol. The van der Waals surface area contributed by atoms with Crippen LogP contribution in [0.4, 0.5) is 0 Å². The lowest BCUT2D eigenvalue weighted by Crippen LogP contribution is -2.48. The maximum Gasteiger partial charge on any atom is 0.262 e. The molecule has 3 amide bonds. The largest absolute Gasteiger partial charge is 0.347 e. The van der Waals surface area contributed by atoms with Crippen LogP contribution in [-0.2, 0) is 4.79 Å². The van der Waals surface area contributed by atoms with Gasteiger partial charge in [-0.25, -0.2) is 0 Å². The Hall–Kier alpha value is -2.95. The first-order valence-electron chi connectivity index (χ1n) is 9.22. The molecule has 1 heterocycles. The Morgan fingerprint density at radius 1 is 0.889 bits per heavy atom. The molecule has 0 saturated heterocycles. The highest BCUT2D eigenvalue weighted by Crippen LogP contribution is 2.26. The molecule has 1 aliphatic rings. The van der Waals surface area contributed by atoms with E-state index in [4.69, 9.17) is 0 Å². The second-order valence-electron chi connectivity index (χ2n) is 7.30. The van der Waals surface area contributed by atoms with Gasteiger partial charge in [-0.05, 0) is 37.0 Å². The van der Waals surface area contributed by atoms with Gasteiger partial charge in [-0.2, -0.15) is 0 Å². The van der Waals surface area contributed by atoms with E-state index in [-0.39, 0.29) is 11.9 Å². The highest BCUT2D eigenvalue weighted by atomic mass is 16.2. The molecule has 0 aliphatic carbocycles. The van der Waals surface area contributed by atoms with Crippen LogP contribution in [0.15, 0.2) is 54.6 Å². The maximum atomic E-state index is 12.9. The molecule has 0 radical (unpaired) electrons. The predicted octanol–water partition coefficient (Wildman–Crippen LogP) is 3.57. The van der Waals surface area contributed by atoms with E-state index in [9.17, 15) is 14.4 Å². The number of fused-ring (bicyclic) bond motifs is 1. The molecule has 1 N–H and O–H groups in total. The van der Waals surface area contributed by atoms with Gasteiger partial charge in [0.1, 0.15) is 6.04 Å². The van der Waals surface area contributed by atoms with Gasteiger partial charge in [0.25, 0.3) is 11.8 Å². The first-order valence-corrected chi connectivity index (χ1v) is 9.22. The van der Waals surface area contributed by atoms with Crippen molar-refractivity contribution in [2.24, 2.45) is 5.92 Å². The second-order valence-corrected chi connectivity index (χ2v) is 7.30. The van der Waals surface area contributed by atoms with E-state index >= 15 is 0 Å². The summed E-state index contributed by atoms with van der Waals surface area (Å²) < 4.78 is 0. The average Bonchev–Trinajstić information content (AvgIpc) is 2.92. The van der Waals surface area contributed by atoms with Gasteiger partial charge in [0.15, 0.2) is 0 Å². The minimum atomic E-state index is -0.879. The van der Waals surface area contributed by atoms with Gasteiger partial charge in [-0.1, -0.05) is 56.3 Å². The van der Waals surface area contributed by atoms with Crippen molar-refractivity contribution in [1.82, 2.24) is 10.2 Å². The van der Waals surface area contributed by atoms with Gasteiger partial charge in [0.05, 0.1) is 17.2 Å². The Bertz CT molecular complexity index is 826. The molecule has 3 rings (SSSR count). The van der Waals surface area contributed by atoms with Gasteiger partial charge in [0, 0.05) is 0 Å². The van der Waals surface area contributed by atoms with E-state index in [1.54, 1.807) is 31.2 Å². The van der Waals surface area contributed by atoms with Crippen LogP contribution in [-0.4, -0.2) is 28.7 Å². The molecule has 0 aromatic heterocycles. The van der Waals surface area contributed by atoms with Gasteiger partial charge in [-0.3, -0.25) is 19.3 Å². The number of nitrogens with zero attached hydrogens (tertiary/aromatic N) is 1. The molecule has 0 fully saturated rings. The molecule has 0 unspecified atom stereocenters. The molecule has 5 nitrogen and oxygen atoms in total. The fourth-order valence-electron chi connectivity index (χ4n) is 3.40. The molecular formula is C22H24N2O3. The van der Waals surface area contributed by atoms with Gasteiger partial charge in [-0.15, -0.1) is 0 Å². The molecule has 1 aliphatic heterocycles. The van der Waals surface area contributed by atoms with Crippen LogP contribution in [0.25, 0.3) is 0 Å². The quantitative estimate of drug-likeness (QED) is 0.797. The number of imide groups is 1. The first kappa shape index (κ1) is 18.8. The molecule has 2 aromatic carbocycles. The fraction of sp³-hybridized carbons (Fsp3) is 0.318. The minimum Gasteiger partial charge on any atom is -0.347 e. The Labute approximate surface area is 159 Å². The van der Waals surface area contributed by atoms with Crippen molar-refractivity contribution in [2.75, 3.05) is 0 Å². The third-order valence-corrected chi connectivity index (χ3v) is 4.82. The molecular weight excluding hydrogens is 340 g/mol. The number of rotatable bonds is 6. The zero-order chi connectivity index (χ0) is 19.6. The number of hydrogen-bond acceptors (Lipinski definition) is 3. The van der Waals surface area contributed by atoms with E-state index in [1.807, 2.05) is 30.3 Å². The summed E-state index contributed by atoms with van der Waals surface area (Å²) in [5.41, 5.74) is 1.71. The van der Waals surface area contributed by atoms with E-state index < -0.39 is 17.9 Å². The molecule has 0 bridgehead atoms. The van der Waals surface area contributed by atoms with Crippen molar-refractivity contribution in [2.45, 2.75) is 39.3 Å². The van der Waals surface area contributed by atoms with Crippen molar-refractivity contribution >= 4 is 17.7 Å². The van der Waals surface area contributed by atoms with Crippen LogP contribution in [0, 0.1) is 5.92 Å². The van der Waals surface area contributed by atoms with Crippen LogP contribution >= 0.6 is 0 Å². The molecule has 2 aromatic rings. The summed E-state index contributed by atoms with van der Waals surface area (Å²) in [4.78, 5) is 39.2. The van der Waals surface area contributed by atoms with E-state index in [0.29, 0.717) is 17.0 Å². The summed E-state index contributed by atoms with van der Waals surface area (Å²) in [6, 6.07) is 15.4. The number of amides is 3. The van der Waals surface area contributed by atoms with Crippen LogP contribution in [0.5, 0.6) is 0 Å². The maximum absolute atomic E-state index is 12.9. The van der Waals surface area contributed by atoms with Crippen molar-refractivity contribution in [3.63, 3.8) is 0 Å². The Kier molecular flexibility index (Phi) is 5.40. The molecule has 5 heteroatoms. The number of benzene rings is 2. The van der Waals surface area contributed by atoms with Crippen molar-refractivity contribution in [1.29, 1.82) is 0 Å². The van der Waals surface area contributed by atoms with Crippen LogP contribution in [0.1, 0.15) is 59.5 Å². The second kappa shape index (κ2) is 7.74. The number of carbonyl (C=O) groups is 3. The van der Waals surface area contributed by atoms with E-state index in [1.165, 1.54) is 0 Å². The van der Waals surface area contributed by atoms with E-state index in [2.05, 4.69) is 19.2 Å². The smallest absolute Gasteiger partial charge is 0.262 e. The Morgan fingerprint density at radius 2 is 1.41 bits per heavy atom. The highest BCUT2D eigenvalue weighted by Gasteiger charge is 2.40. The van der Waals surface area contributed by atoms with Crippen LogP contribution in [0.2, 0.25) is 0 Å². The minimum absolute atomic E-state index is 0.170. The summed E-state index contributed by atoms with van der Waals surface area (Å²) >= 11 is 0. The highest BCUT2D eigenvalue weighted by molar-refractivity contribution is 6.22. The third-order valence-electron chi connectivity index (χ3n) is 4.82. The van der Waals surface area contributed by atoms with Crippen molar-refractivity contribution in [3.8, 4) is 0 Å². The number of carbonyl (C=O) groups excluding carboxylic acids is 3. The molecule has 2 atom stereocenters. The lowest BCUT2D eigenvalue weighted by molar-refractivity contribution is -0.125. The number of nitrogens with one attached hydrogen (secondary N) is 1. The summed E-state index contributed by atoms with van der Waals surface area (Å²) in [5.74, 6) is -0.791. The third kappa shape index (κ3) is 3.77. The Morgan fingerprint density at radius 3 is 1.93 bits per heavy atom.